The first-order valence-electron chi connectivity index (χ1n) is 8.43. The number of nitrogens with zero attached hydrogens (tertiary/aromatic N) is 1. The maximum Gasteiger partial charge on any atom is 0.303 e. The highest BCUT2D eigenvalue weighted by Gasteiger charge is 2.29. The molecule has 0 unspecified atom stereocenters. The lowest BCUT2D eigenvalue weighted by Crippen LogP contribution is -2.33. The minimum atomic E-state index is -4.04. The standard InChI is InChI=1S/C19H21Cl2NO4S/c1-13(2)15-6-3-4-7-17(15)22(11-5-8-19(23)24)27(25,26)18-12-14(20)9-10-16(18)21/h3-4,6-7,9-10,12-13H,5,8,11H2,1-2H3,(H,23,24). The molecular weight excluding hydrogens is 409 g/mol. The summed E-state index contributed by atoms with van der Waals surface area (Å²) >= 11 is 12.1. The molecule has 0 saturated carbocycles. The van der Waals surface area contributed by atoms with Crippen molar-refractivity contribution in [2.24, 2.45) is 0 Å². The molecule has 0 bridgehead atoms. The number of carboxylic acid groups (broad SMARTS) is 1. The molecule has 2 aromatic carbocycles. The summed E-state index contributed by atoms with van der Waals surface area (Å²) in [5.41, 5.74) is 1.35. The van der Waals surface area contributed by atoms with Gasteiger partial charge in [-0.1, -0.05) is 55.2 Å². The minimum Gasteiger partial charge on any atom is -0.481 e. The normalized spacial score (nSPS) is 11.6. The summed E-state index contributed by atoms with van der Waals surface area (Å²) in [6, 6.07) is 11.4. The Morgan fingerprint density at radius 1 is 1.15 bits per heavy atom. The van der Waals surface area contributed by atoms with Gasteiger partial charge >= 0.3 is 5.97 Å². The van der Waals surface area contributed by atoms with E-state index >= 15 is 0 Å². The number of rotatable bonds is 8. The molecule has 0 aromatic heterocycles. The highest BCUT2D eigenvalue weighted by Crippen LogP contribution is 2.34. The summed E-state index contributed by atoms with van der Waals surface area (Å²) in [5, 5.41) is 9.24. The predicted octanol–water partition coefficient (Wildman–Crippen LogP) is 5.18. The van der Waals surface area contributed by atoms with Gasteiger partial charge in [0.2, 0.25) is 0 Å². The highest BCUT2D eigenvalue weighted by molar-refractivity contribution is 7.93. The highest BCUT2D eigenvalue weighted by atomic mass is 35.5. The lowest BCUT2D eigenvalue weighted by molar-refractivity contribution is -0.137. The third-order valence-corrected chi connectivity index (χ3v) is 6.57. The second-order valence-corrected chi connectivity index (χ2v) is 9.04. The van der Waals surface area contributed by atoms with Crippen LogP contribution in [0.2, 0.25) is 10.0 Å². The van der Waals surface area contributed by atoms with Crippen molar-refractivity contribution >= 4 is 44.9 Å². The number of carbonyl (C=O) groups is 1. The maximum absolute atomic E-state index is 13.4. The molecule has 0 heterocycles. The maximum atomic E-state index is 13.4. The van der Waals surface area contributed by atoms with Gasteiger partial charge in [-0.3, -0.25) is 9.10 Å². The Labute approximate surface area is 169 Å². The van der Waals surface area contributed by atoms with Gasteiger partial charge in [-0.2, -0.15) is 0 Å². The van der Waals surface area contributed by atoms with Gasteiger partial charge in [0.05, 0.1) is 10.7 Å². The van der Waals surface area contributed by atoms with Crippen LogP contribution in [0.25, 0.3) is 0 Å². The first-order valence-corrected chi connectivity index (χ1v) is 10.6. The molecule has 2 aromatic rings. The van der Waals surface area contributed by atoms with Crippen molar-refractivity contribution in [2.45, 2.75) is 37.5 Å². The number of benzene rings is 2. The number of halogens is 2. The molecule has 0 atom stereocenters. The van der Waals surface area contributed by atoms with Crippen LogP contribution in [0.4, 0.5) is 5.69 Å². The summed E-state index contributed by atoms with van der Waals surface area (Å²) in [4.78, 5) is 10.8. The number of anilines is 1. The van der Waals surface area contributed by atoms with Crippen molar-refractivity contribution in [3.63, 3.8) is 0 Å². The molecule has 0 spiro atoms. The minimum absolute atomic E-state index is 0.0151. The van der Waals surface area contributed by atoms with Crippen molar-refractivity contribution in [2.75, 3.05) is 10.8 Å². The zero-order valence-electron chi connectivity index (χ0n) is 15.0. The monoisotopic (exact) mass is 429 g/mol. The van der Waals surface area contributed by atoms with E-state index in [2.05, 4.69) is 0 Å². The third-order valence-electron chi connectivity index (χ3n) is 4.04. The number of hydrogen-bond donors (Lipinski definition) is 1. The quantitative estimate of drug-likeness (QED) is 0.627. The van der Waals surface area contributed by atoms with E-state index in [4.69, 9.17) is 28.3 Å². The number of hydrogen-bond acceptors (Lipinski definition) is 3. The fourth-order valence-electron chi connectivity index (χ4n) is 2.74. The number of para-hydroxylation sites is 1. The van der Waals surface area contributed by atoms with Gasteiger partial charge in [-0.15, -0.1) is 0 Å². The molecule has 0 saturated heterocycles. The molecule has 146 valence electrons. The van der Waals surface area contributed by atoms with Crippen LogP contribution < -0.4 is 4.31 Å². The largest absolute Gasteiger partial charge is 0.481 e. The third kappa shape index (κ3) is 5.15. The van der Waals surface area contributed by atoms with Crippen LogP contribution in [-0.2, 0) is 14.8 Å². The Bertz CT molecular complexity index is 929. The van der Waals surface area contributed by atoms with Crippen molar-refractivity contribution in [1.82, 2.24) is 0 Å². The Kier molecular flexibility index (Phi) is 7.14. The van der Waals surface area contributed by atoms with Crippen LogP contribution in [-0.4, -0.2) is 26.0 Å². The molecule has 0 radical (unpaired) electrons. The Morgan fingerprint density at radius 2 is 1.81 bits per heavy atom. The van der Waals surface area contributed by atoms with Crippen LogP contribution in [0.5, 0.6) is 0 Å². The number of sulfonamides is 1. The zero-order valence-corrected chi connectivity index (χ0v) is 17.4. The number of aliphatic carboxylic acids is 1. The van der Waals surface area contributed by atoms with Crippen LogP contribution in [0, 0.1) is 0 Å². The van der Waals surface area contributed by atoms with E-state index in [0.29, 0.717) is 5.69 Å². The summed E-state index contributed by atoms with van der Waals surface area (Å²) in [6.45, 7) is 3.95. The molecule has 27 heavy (non-hydrogen) atoms. The number of carboxylic acids is 1. The van der Waals surface area contributed by atoms with Gasteiger partial charge in [0.1, 0.15) is 4.90 Å². The summed E-state index contributed by atoms with van der Waals surface area (Å²) in [5.74, 6) is -0.904. The molecule has 0 fully saturated rings. The van der Waals surface area contributed by atoms with Crippen molar-refractivity contribution in [3.8, 4) is 0 Å². The second-order valence-electron chi connectivity index (χ2n) is 6.36. The van der Waals surface area contributed by atoms with E-state index in [1.807, 2.05) is 26.0 Å². The molecule has 8 heteroatoms. The molecule has 2 rings (SSSR count). The van der Waals surface area contributed by atoms with E-state index in [-0.39, 0.29) is 40.2 Å². The van der Waals surface area contributed by atoms with Gasteiger partial charge in [0, 0.05) is 18.0 Å². The first kappa shape index (κ1) is 21.5. The van der Waals surface area contributed by atoms with Gasteiger partial charge in [-0.25, -0.2) is 8.42 Å². The second kappa shape index (κ2) is 8.95. The molecule has 0 amide bonds. The van der Waals surface area contributed by atoms with E-state index in [1.54, 1.807) is 12.1 Å². The van der Waals surface area contributed by atoms with Gasteiger partial charge in [0.25, 0.3) is 10.0 Å². The van der Waals surface area contributed by atoms with Gasteiger partial charge in [-0.05, 0) is 42.2 Å². The van der Waals surface area contributed by atoms with Crippen molar-refractivity contribution in [3.05, 3.63) is 58.1 Å². The topological polar surface area (TPSA) is 74.7 Å². The van der Waals surface area contributed by atoms with Crippen LogP contribution >= 0.6 is 23.2 Å². The summed E-state index contributed by atoms with van der Waals surface area (Å²) < 4.78 is 28.0. The average Bonchev–Trinajstić information content (AvgIpc) is 2.60. The molecule has 0 aliphatic heterocycles. The smallest absolute Gasteiger partial charge is 0.303 e. The zero-order chi connectivity index (χ0) is 20.2. The fourth-order valence-corrected chi connectivity index (χ4v) is 5.01. The SMILES string of the molecule is CC(C)c1ccccc1N(CCCC(=O)O)S(=O)(=O)c1cc(Cl)ccc1Cl. The first-order chi connectivity index (χ1) is 12.6. The van der Waals surface area contributed by atoms with Crippen molar-refractivity contribution in [1.29, 1.82) is 0 Å². The van der Waals surface area contributed by atoms with E-state index in [0.717, 1.165) is 5.56 Å². The summed E-state index contributed by atoms with van der Waals surface area (Å²) in [7, 11) is -4.04. The summed E-state index contributed by atoms with van der Waals surface area (Å²) in [6.07, 6.45) is 0.0261. The molecule has 0 aliphatic carbocycles. The van der Waals surface area contributed by atoms with Crippen LogP contribution in [0.15, 0.2) is 47.4 Å². The molecule has 5 nitrogen and oxygen atoms in total. The van der Waals surface area contributed by atoms with E-state index < -0.39 is 16.0 Å². The molecular formula is C19H21Cl2NO4S. The van der Waals surface area contributed by atoms with Gasteiger partial charge in [0.15, 0.2) is 0 Å². The molecule has 1 N–H and O–H groups in total. The van der Waals surface area contributed by atoms with Crippen molar-refractivity contribution < 1.29 is 18.3 Å². The predicted molar refractivity (Wildman–Crippen MR) is 108 cm³/mol. The Hall–Kier alpha value is -1.76. The van der Waals surface area contributed by atoms with Crippen LogP contribution in [0.3, 0.4) is 0 Å². The lowest BCUT2D eigenvalue weighted by Gasteiger charge is -2.28. The Balaban J connectivity index is 2.59. The molecule has 0 aliphatic rings. The van der Waals surface area contributed by atoms with Crippen LogP contribution in [0.1, 0.15) is 38.2 Å². The lowest BCUT2D eigenvalue weighted by atomic mass is 10.0. The van der Waals surface area contributed by atoms with E-state index in [9.17, 15) is 13.2 Å². The van der Waals surface area contributed by atoms with Gasteiger partial charge < -0.3 is 5.11 Å². The average molecular weight is 430 g/mol. The van der Waals surface area contributed by atoms with E-state index in [1.165, 1.54) is 22.5 Å². The fraction of sp³-hybridized carbons (Fsp3) is 0.316. The Morgan fingerprint density at radius 3 is 2.44 bits per heavy atom.